The second-order valence-electron chi connectivity index (χ2n) is 4.37. The number of carbonyl (C=O) groups is 1. The van der Waals surface area contributed by atoms with E-state index in [1.54, 1.807) is 12.1 Å². The fourth-order valence-electron chi connectivity index (χ4n) is 1.78. The first-order valence-corrected chi connectivity index (χ1v) is 6.14. The molecule has 2 aromatic carbocycles. The van der Waals surface area contributed by atoms with Crippen LogP contribution in [0, 0.1) is 11.6 Å². The van der Waals surface area contributed by atoms with Gasteiger partial charge in [0, 0.05) is 12.1 Å². The Morgan fingerprint density at radius 2 is 1.95 bits per heavy atom. The molecule has 3 N–H and O–H groups in total. The lowest BCUT2D eigenvalue weighted by Gasteiger charge is -2.06. The van der Waals surface area contributed by atoms with Crippen molar-refractivity contribution in [1.29, 1.82) is 0 Å². The van der Waals surface area contributed by atoms with Gasteiger partial charge in [-0.3, -0.25) is 4.79 Å². The summed E-state index contributed by atoms with van der Waals surface area (Å²) in [5.74, 6) is -1.32. The highest BCUT2D eigenvalue weighted by Gasteiger charge is 2.07. The molecule has 0 saturated carbocycles. The van der Waals surface area contributed by atoms with Crippen LogP contribution in [0.5, 0.6) is 0 Å². The Bertz CT molecular complexity index is 629. The lowest BCUT2D eigenvalue weighted by atomic mass is 10.1. The minimum Gasteiger partial charge on any atom is -0.396 e. The van der Waals surface area contributed by atoms with Gasteiger partial charge in [0.25, 0.3) is 5.91 Å². The van der Waals surface area contributed by atoms with Crippen molar-refractivity contribution < 1.29 is 13.6 Å². The summed E-state index contributed by atoms with van der Waals surface area (Å²) in [5.41, 5.74) is 6.33. The Balaban J connectivity index is 1.90. The molecule has 104 valence electrons. The van der Waals surface area contributed by atoms with Crippen molar-refractivity contribution >= 4 is 11.6 Å². The smallest absolute Gasteiger partial charge is 0.251 e. The third-order valence-corrected chi connectivity index (χ3v) is 2.85. The van der Waals surface area contributed by atoms with Gasteiger partial charge in [0.15, 0.2) is 0 Å². The maximum atomic E-state index is 13.2. The van der Waals surface area contributed by atoms with Gasteiger partial charge in [-0.05, 0) is 42.3 Å². The summed E-state index contributed by atoms with van der Waals surface area (Å²) in [5, 5.41) is 2.64. The van der Waals surface area contributed by atoms with E-state index in [4.69, 9.17) is 5.73 Å². The summed E-state index contributed by atoms with van der Waals surface area (Å²) in [6.45, 7) is 0.342. The first-order chi connectivity index (χ1) is 9.56. The molecule has 0 heterocycles. The van der Waals surface area contributed by atoms with Crippen molar-refractivity contribution in [1.82, 2.24) is 5.32 Å². The molecule has 0 spiro atoms. The minimum atomic E-state index is -0.622. The van der Waals surface area contributed by atoms with Crippen LogP contribution in [0.3, 0.4) is 0 Å². The molecule has 0 atom stereocenters. The molecule has 20 heavy (non-hydrogen) atoms. The van der Waals surface area contributed by atoms with Crippen molar-refractivity contribution in [2.24, 2.45) is 0 Å². The van der Waals surface area contributed by atoms with E-state index >= 15 is 0 Å². The van der Waals surface area contributed by atoms with Crippen molar-refractivity contribution in [3.05, 3.63) is 65.2 Å². The fourth-order valence-corrected chi connectivity index (χ4v) is 1.78. The monoisotopic (exact) mass is 276 g/mol. The molecule has 0 saturated heterocycles. The average Bonchev–Trinajstić information content (AvgIpc) is 2.42. The molecule has 0 radical (unpaired) electrons. The van der Waals surface area contributed by atoms with Gasteiger partial charge in [0.05, 0.1) is 5.69 Å². The molecule has 0 aliphatic rings. The summed E-state index contributed by atoms with van der Waals surface area (Å²) in [6, 6.07) is 10.0. The van der Waals surface area contributed by atoms with Crippen molar-refractivity contribution in [3.63, 3.8) is 0 Å². The van der Waals surface area contributed by atoms with E-state index in [-0.39, 0.29) is 23.0 Å². The van der Waals surface area contributed by atoms with Gasteiger partial charge in [-0.1, -0.05) is 12.1 Å². The van der Waals surface area contributed by atoms with Crippen LogP contribution in [0.15, 0.2) is 42.5 Å². The number of amides is 1. The van der Waals surface area contributed by atoms with Gasteiger partial charge >= 0.3 is 0 Å². The molecule has 0 aliphatic heterocycles. The summed E-state index contributed by atoms with van der Waals surface area (Å²) in [6.07, 6.45) is 0.501. The number of nitrogen functional groups attached to an aromatic ring is 1. The number of nitrogens with one attached hydrogen (secondary N) is 1. The summed E-state index contributed by atoms with van der Waals surface area (Å²) in [7, 11) is 0. The Kier molecular flexibility index (Phi) is 4.30. The maximum absolute atomic E-state index is 13.2. The zero-order valence-corrected chi connectivity index (χ0v) is 10.7. The fraction of sp³-hybridized carbons (Fsp3) is 0.133. The van der Waals surface area contributed by atoms with E-state index < -0.39 is 5.82 Å². The zero-order valence-electron chi connectivity index (χ0n) is 10.7. The number of benzene rings is 2. The van der Waals surface area contributed by atoms with E-state index in [1.165, 1.54) is 24.3 Å². The minimum absolute atomic E-state index is 0.00121. The SMILES string of the molecule is Nc1ccc(C(=O)NCCc2cccc(F)c2)cc1F. The summed E-state index contributed by atoms with van der Waals surface area (Å²) >= 11 is 0. The number of hydrogen-bond acceptors (Lipinski definition) is 2. The second kappa shape index (κ2) is 6.14. The van der Waals surface area contributed by atoms with E-state index in [0.29, 0.717) is 13.0 Å². The van der Waals surface area contributed by atoms with Gasteiger partial charge < -0.3 is 11.1 Å². The Morgan fingerprint density at radius 1 is 1.15 bits per heavy atom. The summed E-state index contributed by atoms with van der Waals surface area (Å²) < 4.78 is 26.2. The Labute approximate surface area is 115 Å². The lowest BCUT2D eigenvalue weighted by molar-refractivity contribution is 0.0953. The molecule has 5 heteroatoms. The predicted octanol–water partition coefficient (Wildman–Crippen LogP) is 2.52. The summed E-state index contributed by atoms with van der Waals surface area (Å²) in [4.78, 5) is 11.8. The quantitative estimate of drug-likeness (QED) is 0.843. The van der Waals surface area contributed by atoms with Gasteiger partial charge in [-0.25, -0.2) is 8.78 Å². The van der Waals surface area contributed by atoms with Crippen LogP contribution in [-0.2, 0) is 6.42 Å². The number of hydrogen-bond donors (Lipinski definition) is 2. The largest absolute Gasteiger partial charge is 0.396 e. The number of carbonyl (C=O) groups excluding carboxylic acids is 1. The van der Waals surface area contributed by atoms with Crippen LogP contribution in [0.2, 0.25) is 0 Å². The number of anilines is 1. The maximum Gasteiger partial charge on any atom is 0.251 e. The van der Waals surface area contributed by atoms with E-state index in [9.17, 15) is 13.6 Å². The number of halogens is 2. The lowest BCUT2D eigenvalue weighted by Crippen LogP contribution is -2.25. The normalized spacial score (nSPS) is 10.3. The highest BCUT2D eigenvalue weighted by Crippen LogP contribution is 2.11. The number of nitrogens with two attached hydrogens (primary N) is 1. The predicted molar refractivity (Wildman–Crippen MR) is 73.2 cm³/mol. The zero-order chi connectivity index (χ0) is 14.5. The van der Waals surface area contributed by atoms with Gasteiger partial charge in [0.1, 0.15) is 11.6 Å². The van der Waals surface area contributed by atoms with Crippen LogP contribution in [0.1, 0.15) is 15.9 Å². The van der Waals surface area contributed by atoms with Gasteiger partial charge in [-0.15, -0.1) is 0 Å². The molecule has 0 bridgehead atoms. The molecule has 0 aromatic heterocycles. The highest BCUT2D eigenvalue weighted by molar-refractivity contribution is 5.94. The Morgan fingerprint density at radius 3 is 2.65 bits per heavy atom. The van der Waals surface area contributed by atoms with Gasteiger partial charge in [0.2, 0.25) is 0 Å². The molecule has 0 unspecified atom stereocenters. The number of rotatable bonds is 4. The average molecular weight is 276 g/mol. The van der Waals surface area contributed by atoms with Crippen molar-refractivity contribution in [3.8, 4) is 0 Å². The van der Waals surface area contributed by atoms with Crippen molar-refractivity contribution in [2.45, 2.75) is 6.42 Å². The standard InChI is InChI=1S/C15H14F2N2O/c16-12-3-1-2-10(8-12)6-7-19-15(20)11-4-5-14(18)13(17)9-11/h1-5,8-9H,6-7,18H2,(H,19,20). The molecule has 2 rings (SSSR count). The molecule has 2 aromatic rings. The first-order valence-electron chi connectivity index (χ1n) is 6.14. The third kappa shape index (κ3) is 3.54. The molecule has 0 aliphatic carbocycles. The van der Waals surface area contributed by atoms with Crippen LogP contribution in [0.4, 0.5) is 14.5 Å². The topological polar surface area (TPSA) is 55.1 Å². The van der Waals surface area contributed by atoms with Crippen LogP contribution in [-0.4, -0.2) is 12.5 Å². The molecule has 1 amide bonds. The van der Waals surface area contributed by atoms with E-state index in [0.717, 1.165) is 11.6 Å². The van der Waals surface area contributed by atoms with Crippen LogP contribution in [0.25, 0.3) is 0 Å². The van der Waals surface area contributed by atoms with Gasteiger partial charge in [-0.2, -0.15) is 0 Å². The molecular weight excluding hydrogens is 262 g/mol. The van der Waals surface area contributed by atoms with Crippen molar-refractivity contribution in [2.75, 3.05) is 12.3 Å². The Hall–Kier alpha value is -2.43. The third-order valence-electron chi connectivity index (χ3n) is 2.85. The molecule has 0 fully saturated rings. The highest BCUT2D eigenvalue weighted by atomic mass is 19.1. The molecular formula is C15H14F2N2O. The van der Waals surface area contributed by atoms with E-state index in [2.05, 4.69) is 5.32 Å². The molecule has 3 nitrogen and oxygen atoms in total. The van der Waals surface area contributed by atoms with Crippen LogP contribution >= 0.6 is 0 Å². The van der Waals surface area contributed by atoms with E-state index in [1.807, 2.05) is 0 Å². The first kappa shape index (κ1) is 14.0. The second-order valence-corrected chi connectivity index (χ2v) is 4.37. The van der Waals surface area contributed by atoms with Crippen LogP contribution < -0.4 is 11.1 Å².